The van der Waals surface area contributed by atoms with Gasteiger partial charge in [0.1, 0.15) is 11.5 Å². The number of ether oxygens (including phenoxy) is 1. The number of carboxylic acid groups (broad SMARTS) is 1. The van der Waals surface area contributed by atoms with E-state index < -0.39 is 23.7 Å². The topological polar surface area (TPSA) is 104 Å². The summed E-state index contributed by atoms with van der Waals surface area (Å²) in [5.41, 5.74) is 1.99. The molecule has 2 N–H and O–H groups in total. The van der Waals surface area contributed by atoms with Gasteiger partial charge < -0.3 is 14.9 Å². The fourth-order valence-electron chi connectivity index (χ4n) is 3.90. The number of amides is 1. The minimum Gasteiger partial charge on any atom is -0.507 e. The molecule has 1 amide bonds. The Bertz CT molecular complexity index is 1230. The molecule has 3 aromatic carbocycles. The number of ketones is 1. The zero-order valence-electron chi connectivity index (χ0n) is 17.8. The number of anilines is 1. The fourth-order valence-corrected chi connectivity index (χ4v) is 3.90. The molecule has 1 aliphatic rings. The summed E-state index contributed by atoms with van der Waals surface area (Å²) in [6.45, 7) is 0. The molecule has 0 aromatic heterocycles. The molecule has 0 radical (unpaired) electrons. The monoisotopic (exact) mass is 443 g/mol. The number of carbonyl (C=O) groups is 3. The lowest BCUT2D eigenvalue weighted by atomic mass is 9.95. The zero-order valence-corrected chi connectivity index (χ0v) is 17.8. The highest BCUT2D eigenvalue weighted by molar-refractivity contribution is 6.51. The van der Waals surface area contributed by atoms with E-state index in [1.165, 1.54) is 12.0 Å². The highest BCUT2D eigenvalue weighted by Gasteiger charge is 2.46. The number of carbonyl (C=O) groups excluding carboxylic acids is 2. The van der Waals surface area contributed by atoms with Crippen molar-refractivity contribution in [2.45, 2.75) is 12.5 Å². The first kappa shape index (κ1) is 21.8. The minimum atomic E-state index is -0.968. The van der Waals surface area contributed by atoms with Crippen molar-refractivity contribution >= 4 is 29.1 Å². The lowest BCUT2D eigenvalue weighted by molar-refractivity contribution is -0.136. The van der Waals surface area contributed by atoms with Crippen LogP contribution in [0.25, 0.3) is 5.76 Å². The van der Waals surface area contributed by atoms with E-state index in [-0.39, 0.29) is 17.8 Å². The Morgan fingerprint density at radius 2 is 1.55 bits per heavy atom. The summed E-state index contributed by atoms with van der Waals surface area (Å²) in [5, 5.41) is 20.0. The lowest BCUT2D eigenvalue weighted by Crippen LogP contribution is -2.29. The van der Waals surface area contributed by atoms with Crippen LogP contribution in [-0.4, -0.2) is 35.0 Å². The maximum absolute atomic E-state index is 13.1. The molecule has 0 saturated carbocycles. The van der Waals surface area contributed by atoms with Crippen LogP contribution in [0.5, 0.6) is 5.75 Å². The number of hydrogen-bond donors (Lipinski definition) is 2. The van der Waals surface area contributed by atoms with Crippen LogP contribution in [0.3, 0.4) is 0 Å². The fraction of sp³-hybridized carbons (Fsp3) is 0.115. The zero-order chi connectivity index (χ0) is 23.5. The van der Waals surface area contributed by atoms with Crippen LogP contribution in [-0.2, 0) is 20.8 Å². The molecular weight excluding hydrogens is 422 g/mol. The summed E-state index contributed by atoms with van der Waals surface area (Å²) >= 11 is 0. The summed E-state index contributed by atoms with van der Waals surface area (Å²) in [7, 11) is 1.54. The van der Waals surface area contributed by atoms with Gasteiger partial charge in [-0.25, -0.2) is 0 Å². The molecule has 1 fully saturated rings. The van der Waals surface area contributed by atoms with Gasteiger partial charge in [0.05, 0.1) is 25.1 Å². The number of aliphatic hydroxyl groups is 1. The van der Waals surface area contributed by atoms with Crippen molar-refractivity contribution < 1.29 is 29.3 Å². The van der Waals surface area contributed by atoms with Crippen molar-refractivity contribution in [2.75, 3.05) is 12.0 Å². The Morgan fingerprint density at radius 3 is 2.12 bits per heavy atom. The van der Waals surface area contributed by atoms with E-state index in [0.29, 0.717) is 28.1 Å². The summed E-state index contributed by atoms with van der Waals surface area (Å²) in [6, 6.07) is 21.0. The van der Waals surface area contributed by atoms with Gasteiger partial charge in [-0.2, -0.15) is 0 Å². The molecule has 0 aliphatic carbocycles. The maximum atomic E-state index is 13.1. The van der Waals surface area contributed by atoms with E-state index in [1.807, 2.05) is 0 Å². The number of nitrogens with zero attached hydrogens (tertiary/aromatic N) is 1. The van der Waals surface area contributed by atoms with Crippen molar-refractivity contribution in [3.63, 3.8) is 0 Å². The lowest BCUT2D eigenvalue weighted by Gasteiger charge is -2.25. The van der Waals surface area contributed by atoms with Crippen molar-refractivity contribution in [3.8, 4) is 5.75 Å². The molecule has 166 valence electrons. The summed E-state index contributed by atoms with van der Waals surface area (Å²) in [5.74, 6) is -2.20. The number of aliphatic hydroxyl groups excluding tert-OH is 1. The van der Waals surface area contributed by atoms with E-state index in [1.54, 1.807) is 78.9 Å². The van der Waals surface area contributed by atoms with Gasteiger partial charge in [0, 0.05) is 11.3 Å². The van der Waals surface area contributed by atoms with Crippen LogP contribution in [0.1, 0.15) is 22.7 Å². The number of Topliss-reactive ketones (excluding diaryl/α,β-unsaturated/α-hetero) is 1. The Labute approximate surface area is 190 Å². The van der Waals surface area contributed by atoms with Gasteiger partial charge >= 0.3 is 5.97 Å². The largest absolute Gasteiger partial charge is 0.507 e. The standard InChI is InChI=1S/C26H21NO6/c1-33-20-13-9-17(10-14-20)23-22(24(30)18-5-3-2-4-6-18)25(31)26(32)27(23)19-11-7-16(8-12-19)15-21(28)29/h2-14,23,30H,15H2,1H3,(H,28,29)/b24-22+. The molecule has 1 aliphatic heterocycles. The Hall–Kier alpha value is -4.39. The van der Waals surface area contributed by atoms with Crippen molar-refractivity contribution in [3.05, 3.63) is 101 Å². The first-order valence-corrected chi connectivity index (χ1v) is 10.2. The maximum Gasteiger partial charge on any atom is 0.307 e. The van der Waals surface area contributed by atoms with Crippen molar-refractivity contribution in [1.29, 1.82) is 0 Å². The van der Waals surface area contributed by atoms with Gasteiger partial charge in [0.15, 0.2) is 0 Å². The Kier molecular flexibility index (Phi) is 5.95. The normalized spacial score (nSPS) is 17.2. The van der Waals surface area contributed by atoms with Gasteiger partial charge in [0.2, 0.25) is 0 Å². The number of methoxy groups -OCH3 is 1. The molecule has 7 heteroatoms. The molecule has 1 unspecified atom stereocenters. The van der Waals surface area contributed by atoms with E-state index in [0.717, 1.165) is 0 Å². The quantitative estimate of drug-likeness (QED) is 0.340. The van der Waals surface area contributed by atoms with Gasteiger partial charge in [-0.05, 0) is 35.4 Å². The van der Waals surface area contributed by atoms with Crippen LogP contribution in [0.2, 0.25) is 0 Å². The SMILES string of the molecule is COc1ccc(C2/C(=C(\O)c3ccccc3)C(=O)C(=O)N2c2ccc(CC(=O)O)cc2)cc1. The van der Waals surface area contributed by atoms with Crippen molar-refractivity contribution in [1.82, 2.24) is 0 Å². The van der Waals surface area contributed by atoms with Crippen LogP contribution in [0, 0.1) is 0 Å². The van der Waals surface area contributed by atoms with E-state index in [4.69, 9.17) is 9.84 Å². The molecule has 1 saturated heterocycles. The summed E-state index contributed by atoms with van der Waals surface area (Å²) in [4.78, 5) is 38.6. The predicted molar refractivity (Wildman–Crippen MR) is 122 cm³/mol. The third kappa shape index (κ3) is 4.21. The third-order valence-electron chi connectivity index (χ3n) is 5.49. The number of rotatable bonds is 6. The molecule has 7 nitrogen and oxygen atoms in total. The van der Waals surface area contributed by atoms with Crippen LogP contribution >= 0.6 is 0 Å². The second kappa shape index (κ2) is 9.00. The molecule has 0 spiro atoms. The number of carboxylic acids is 1. The number of hydrogen-bond acceptors (Lipinski definition) is 5. The predicted octanol–water partition coefficient (Wildman–Crippen LogP) is 3.95. The highest BCUT2D eigenvalue weighted by atomic mass is 16.5. The first-order chi connectivity index (χ1) is 15.9. The van der Waals surface area contributed by atoms with Gasteiger partial charge in [-0.1, -0.05) is 54.6 Å². The second-order valence-corrected chi connectivity index (χ2v) is 7.55. The van der Waals surface area contributed by atoms with E-state index in [2.05, 4.69) is 0 Å². The highest BCUT2D eigenvalue weighted by Crippen LogP contribution is 2.42. The van der Waals surface area contributed by atoms with Gasteiger partial charge in [-0.15, -0.1) is 0 Å². The molecule has 1 heterocycles. The second-order valence-electron chi connectivity index (χ2n) is 7.55. The Balaban J connectivity index is 1.86. The number of benzene rings is 3. The molecule has 33 heavy (non-hydrogen) atoms. The smallest absolute Gasteiger partial charge is 0.307 e. The van der Waals surface area contributed by atoms with Gasteiger partial charge in [0.25, 0.3) is 11.7 Å². The molecule has 0 bridgehead atoms. The van der Waals surface area contributed by atoms with Gasteiger partial charge in [-0.3, -0.25) is 19.3 Å². The third-order valence-corrected chi connectivity index (χ3v) is 5.49. The van der Waals surface area contributed by atoms with Crippen LogP contribution < -0.4 is 9.64 Å². The number of aliphatic carboxylic acids is 1. The molecular formula is C26H21NO6. The van der Waals surface area contributed by atoms with E-state index >= 15 is 0 Å². The molecule has 3 aromatic rings. The van der Waals surface area contributed by atoms with Crippen molar-refractivity contribution in [2.24, 2.45) is 0 Å². The average Bonchev–Trinajstić information content (AvgIpc) is 3.10. The average molecular weight is 443 g/mol. The van der Waals surface area contributed by atoms with Crippen LogP contribution in [0.15, 0.2) is 84.4 Å². The summed E-state index contributed by atoms with van der Waals surface area (Å²) < 4.78 is 5.22. The molecule has 1 atom stereocenters. The summed E-state index contributed by atoms with van der Waals surface area (Å²) in [6.07, 6.45) is -0.158. The van der Waals surface area contributed by atoms with E-state index in [9.17, 15) is 19.5 Å². The first-order valence-electron chi connectivity index (χ1n) is 10.2. The minimum absolute atomic E-state index is 0.0222. The molecule has 4 rings (SSSR count). The van der Waals surface area contributed by atoms with Crippen LogP contribution in [0.4, 0.5) is 5.69 Å². The Morgan fingerprint density at radius 1 is 0.909 bits per heavy atom.